The van der Waals surface area contributed by atoms with Crippen molar-refractivity contribution in [1.82, 2.24) is 0 Å². The molecular weight excluding hydrogens is 396 g/mol. The van der Waals surface area contributed by atoms with Crippen molar-refractivity contribution < 1.29 is 59.3 Å². The molecule has 0 radical (unpaired) electrons. The van der Waals surface area contributed by atoms with Crippen molar-refractivity contribution in [3.05, 3.63) is 71.8 Å². The molecule has 0 bridgehead atoms. The van der Waals surface area contributed by atoms with Gasteiger partial charge >= 0.3 is 24.4 Å². The maximum Gasteiger partial charge on any atom is 1.00 e. The third kappa shape index (κ3) is 6.44. The summed E-state index contributed by atoms with van der Waals surface area (Å²) in [5, 5.41) is 0. The molecule has 0 amide bonds. The Morgan fingerprint density at radius 2 is 1.25 bits per heavy atom. The Bertz CT molecular complexity index is 838. The number of carbonyl (C=O) groups excluding carboxylic acids is 1. The van der Waals surface area contributed by atoms with Gasteiger partial charge in [0.1, 0.15) is 0 Å². The smallest absolute Gasteiger partial charge is 0.741 e. The molecule has 11 heteroatoms. The average Bonchev–Trinajstić information content (AvgIpc) is 2.63. The van der Waals surface area contributed by atoms with Crippen LogP contribution in [0.25, 0.3) is 0 Å². The molecule has 0 N–H and O–H groups in total. The van der Waals surface area contributed by atoms with E-state index in [4.69, 9.17) is 22.4 Å². The van der Waals surface area contributed by atoms with E-state index in [1.54, 1.807) is 12.1 Å². The molecule has 2 rings (SSSR count). The molecular formula is C17H16F3LiO6S. The third-order valence-electron chi connectivity index (χ3n) is 3.35. The van der Waals surface area contributed by atoms with Crippen LogP contribution in [0.5, 0.6) is 0 Å². The minimum Gasteiger partial charge on any atom is -0.741 e. The molecule has 0 aliphatic carbocycles. The first kappa shape index (κ1) is 26.3. The first-order valence-electron chi connectivity index (χ1n) is 7.27. The summed E-state index contributed by atoms with van der Waals surface area (Å²) in [4.78, 5) is 12.7. The largest absolute Gasteiger partial charge is 1.00 e. The van der Waals surface area contributed by atoms with Gasteiger partial charge < -0.3 is 14.0 Å². The minimum atomic E-state index is -6.09. The van der Waals surface area contributed by atoms with Crippen LogP contribution in [0.2, 0.25) is 0 Å². The molecule has 0 atom stereocenters. The van der Waals surface area contributed by atoms with E-state index in [1.165, 1.54) is 14.2 Å². The first-order valence-corrected chi connectivity index (χ1v) is 8.68. The molecule has 6 nitrogen and oxygen atoms in total. The van der Waals surface area contributed by atoms with Crippen molar-refractivity contribution in [2.24, 2.45) is 0 Å². The summed E-state index contributed by atoms with van der Waals surface area (Å²) in [6.45, 7) is 0. The van der Waals surface area contributed by atoms with Crippen LogP contribution in [0.15, 0.2) is 60.7 Å². The molecule has 0 fully saturated rings. The van der Waals surface area contributed by atoms with Crippen molar-refractivity contribution in [1.29, 1.82) is 0 Å². The summed E-state index contributed by atoms with van der Waals surface area (Å²) in [7, 11) is -3.15. The standard InChI is InChI=1S/C16H16O3.CHF3O3S.Li/c1-18-16(19-2,14-11-7-4-8-12-14)15(17)13-9-5-3-6-10-13;2-1(3,4)8(5,6)7;/h3-12H,1-2H3;(H,5,6,7);/q;;+1/p-1. The number of ether oxygens (including phenoxy) is 2. The van der Waals surface area contributed by atoms with Crippen LogP contribution in [0.3, 0.4) is 0 Å². The molecule has 0 aliphatic heterocycles. The number of ketones is 1. The second-order valence-electron chi connectivity index (χ2n) is 4.99. The molecule has 0 unspecified atom stereocenters. The van der Waals surface area contributed by atoms with Crippen molar-refractivity contribution in [3.8, 4) is 0 Å². The van der Waals surface area contributed by atoms with Crippen molar-refractivity contribution >= 4 is 15.9 Å². The Labute approximate surface area is 172 Å². The minimum absolute atomic E-state index is 0. The van der Waals surface area contributed by atoms with Gasteiger partial charge in [0.15, 0.2) is 10.1 Å². The van der Waals surface area contributed by atoms with Crippen LogP contribution in [-0.2, 0) is 25.4 Å². The van der Waals surface area contributed by atoms with Crippen LogP contribution in [0, 0.1) is 0 Å². The normalized spacial score (nSPS) is 11.6. The molecule has 148 valence electrons. The number of Topliss-reactive ketones (excluding diaryl/α,β-unsaturated/α-hetero) is 1. The number of benzene rings is 2. The zero-order chi connectivity index (χ0) is 20.7. The van der Waals surface area contributed by atoms with E-state index in [1.807, 2.05) is 48.5 Å². The fourth-order valence-corrected chi connectivity index (χ4v) is 2.07. The Kier molecular flexibility index (Phi) is 10.1. The number of alkyl halides is 3. The SMILES string of the molecule is COC(OC)(C(=O)c1ccccc1)c1ccccc1.O=S(=O)([O-])C(F)(F)F.[Li+]. The first-order chi connectivity index (χ1) is 12.5. The van der Waals surface area contributed by atoms with E-state index >= 15 is 0 Å². The van der Waals surface area contributed by atoms with Crippen LogP contribution < -0.4 is 18.9 Å². The number of methoxy groups -OCH3 is 2. The topological polar surface area (TPSA) is 92.7 Å². The quantitative estimate of drug-likeness (QED) is 0.227. The van der Waals surface area contributed by atoms with Gasteiger partial charge in [-0.1, -0.05) is 60.7 Å². The number of halogens is 3. The predicted molar refractivity (Wildman–Crippen MR) is 88.7 cm³/mol. The van der Waals surface area contributed by atoms with E-state index in [0.717, 1.165) is 0 Å². The Morgan fingerprint density at radius 1 is 0.893 bits per heavy atom. The van der Waals surface area contributed by atoms with Crippen LogP contribution >= 0.6 is 0 Å². The summed E-state index contributed by atoms with van der Waals surface area (Å²) in [6, 6.07) is 18.2. The molecule has 2 aromatic carbocycles. The van der Waals surface area contributed by atoms with Gasteiger partial charge in [-0.2, -0.15) is 13.2 Å². The molecule has 0 saturated heterocycles. The Morgan fingerprint density at radius 3 is 1.57 bits per heavy atom. The molecule has 2 aromatic rings. The molecule has 0 aliphatic rings. The predicted octanol–water partition coefficient (Wildman–Crippen LogP) is 0.0705. The fraction of sp³-hybridized carbons (Fsp3) is 0.235. The van der Waals surface area contributed by atoms with Gasteiger partial charge in [-0.05, 0) is 0 Å². The van der Waals surface area contributed by atoms with Gasteiger partial charge in [-0.3, -0.25) is 4.79 Å². The van der Waals surface area contributed by atoms with Gasteiger partial charge in [0.05, 0.1) is 0 Å². The van der Waals surface area contributed by atoms with Crippen LogP contribution in [0.4, 0.5) is 13.2 Å². The maximum absolute atomic E-state index is 12.7. The zero-order valence-electron chi connectivity index (χ0n) is 15.3. The summed E-state index contributed by atoms with van der Waals surface area (Å²) in [5.74, 6) is -1.62. The Hall–Kier alpha value is -1.67. The molecule has 0 spiro atoms. The summed E-state index contributed by atoms with van der Waals surface area (Å²) in [6.07, 6.45) is 0. The van der Waals surface area contributed by atoms with E-state index in [2.05, 4.69) is 0 Å². The van der Waals surface area contributed by atoms with Gasteiger partial charge in [-0.25, -0.2) is 8.42 Å². The molecule has 0 aromatic heterocycles. The zero-order valence-corrected chi connectivity index (χ0v) is 16.1. The average molecular weight is 412 g/mol. The van der Waals surface area contributed by atoms with Crippen LogP contribution in [-0.4, -0.2) is 38.5 Å². The van der Waals surface area contributed by atoms with Gasteiger partial charge in [-0.15, -0.1) is 0 Å². The number of hydrogen-bond acceptors (Lipinski definition) is 6. The van der Waals surface area contributed by atoms with Crippen LogP contribution in [0.1, 0.15) is 15.9 Å². The van der Waals surface area contributed by atoms with E-state index in [-0.39, 0.29) is 24.6 Å². The van der Waals surface area contributed by atoms with Gasteiger partial charge in [0.2, 0.25) is 5.78 Å². The summed E-state index contributed by atoms with van der Waals surface area (Å²) >= 11 is 0. The number of hydrogen-bond donors (Lipinski definition) is 0. The van der Waals surface area contributed by atoms with Gasteiger partial charge in [0, 0.05) is 25.3 Å². The fourth-order valence-electron chi connectivity index (χ4n) is 2.07. The second-order valence-corrected chi connectivity index (χ2v) is 6.36. The van der Waals surface area contributed by atoms with Crippen molar-refractivity contribution in [3.63, 3.8) is 0 Å². The third-order valence-corrected chi connectivity index (χ3v) is 3.91. The molecule has 0 saturated carbocycles. The van der Waals surface area contributed by atoms with E-state index < -0.39 is 21.4 Å². The maximum atomic E-state index is 12.7. The molecule has 0 heterocycles. The van der Waals surface area contributed by atoms with Crippen molar-refractivity contribution in [2.75, 3.05) is 14.2 Å². The molecule has 28 heavy (non-hydrogen) atoms. The Balaban J connectivity index is 0.000000694. The van der Waals surface area contributed by atoms with E-state index in [0.29, 0.717) is 11.1 Å². The van der Waals surface area contributed by atoms with E-state index in [9.17, 15) is 18.0 Å². The summed E-state index contributed by atoms with van der Waals surface area (Å²) in [5.41, 5.74) is -4.42. The second kappa shape index (κ2) is 10.8. The monoisotopic (exact) mass is 412 g/mol. The van der Waals surface area contributed by atoms with Gasteiger partial charge in [0.25, 0.3) is 5.79 Å². The number of carbonyl (C=O) groups is 1. The number of rotatable bonds is 5. The summed E-state index contributed by atoms with van der Waals surface area (Å²) < 4.78 is 69.7. The van der Waals surface area contributed by atoms with Crippen molar-refractivity contribution in [2.45, 2.75) is 11.3 Å².